The number of carboxylic acids is 1. The summed E-state index contributed by atoms with van der Waals surface area (Å²) in [4.78, 5) is 11.8. The predicted octanol–water partition coefficient (Wildman–Crippen LogP) is 4.80. The molecule has 0 aliphatic heterocycles. The standard InChI is InChI=1S/C16H20BrFO2/c1-2-11-4-3-7-16(9-11,15(19)20)10-12-8-13(17)5-6-14(12)18/h5-6,8,11H,2-4,7,9-10H2,1H3,(H,19,20). The Hall–Kier alpha value is -0.900. The average Bonchev–Trinajstić information content (AvgIpc) is 2.43. The van der Waals surface area contributed by atoms with Crippen molar-refractivity contribution in [3.8, 4) is 0 Å². The second kappa shape index (κ2) is 6.25. The van der Waals surface area contributed by atoms with Crippen molar-refractivity contribution in [1.29, 1.82) is 0 Å². The second-order valence-corrected chi connectivity index (χ2v) is 6.78. The Bertz CT molecular complexity index is 503. The number of rotatable bonds is 4. The first-order valence-electron chi connectivity index (χ1n) is 7.14. The van der Waals surface area contributed by atoms with Crippen molar-refractivity contribution in [3.63, 3.8) is 0 Å². The molecule has 0 radical (unpaired) electrons. The van der Waals surface area contributed by atoms with Gasteiger partial charge in [-0.15, -0.1) is 0 Å². The highest BCUT2D eigenvalue weighted by Crippen LogP contribution is 2.43. The van der Waals surface area contributed by atoms with E-state index >= 15 is 0 Å². The van der Waals surface area contributed by atoms with Gasteiger partial charge in [0, 0.05) is 4.47 Å². The van der Waals surface area contributed by atoms with Gasteiger partial charge in [0.05, 0.1) is 5.41 Å². The molecule has 1 N–H and O–H groups in total. The van der Waals surface area contributed by atoms with E-state index in [1.54, 1.807) is 12.1 Å². The van der Waals surface area contributed by atoms with Crippen LogP contribution in [0.25, 0.3) is 0 Å². The number of carbonyl (C=O) groups is 1. The summed E-state index contributed by atoms with van der Waals surface area (Å²) < 4.78 is 14.7. The molecule has 1 aromatic rings. The van der Waals surface area contributed by atoms with Crippen LogP contribution in [0.2, 0.25) is 0 Å². The summed E-state index contributed by atoms with van der Waals surface area (Å²) in [7, 11) is 0. The minimum atomic E-state index is -0.805. The number of benzene rings is 1. The molecule has 0 bridgehead atoms. The molecule has 1 aliphatic rings. The maximum Gasteiger partial charge on any atom is 0.309 e. The molecule has 110 valence electrons. The van der Waals surface area contributed by atoms with E-state index in [0.717, 1.165) is 23.7 Å². The molecule has 0 amide bonds. The van der Waals surface area contributed by atoms with Gasteiger partial charge in [-0.05, 0) is 48.9 Å². The Morgan fingerprint density at radius 3 is 2.95 bits per heavy atom. The third-order valence-corrected chi connectivity index (χ3v) is 5.01. The number of halogens is 2. The highest BCUT2D eigenvalue weighted by Gasteiger charge is 2.42. The molecule has 20 heavy (non-hydrogen) atoms. The molecule has 2 rings (SSSR count). The van der Waals surface area contributed by atoms with Crippen LogP contribution in [0.4, 0.5) is 4.39 Å². The van der Waals surface area contributed by atoms with E-state index in [9.17, 15) is 14.3 Å². The molecular formula is C16H20BrFO2. The maximum atomic E-state index is 13.9. The Labute approximate surface area is 127 Å². The lowest BCUT2D eigenvalue weighted by atomic mass is 9.66. The van der Waals surface area contributed by atoms with Crippen LogP contribution in [0.1, 0.15) is 44.6 Å². The Balaban J connectivity index is 2.29. The zero-order valence-corrected chi connectivity index (χ0v) is 13.2. The average molecular weight is 343 g/mol. The molecule has 1 aromatic carbocycles. The van der Waals surface area contributed by atoms with Crippen LogP contribution < -0.4 is 0 Å². The SMILES string of the molecule is CCC1CCCC(Cc2cc(Br)ccc2F)(C(=O)O)C1. The molecule has 2 nitrogen and oxygen atoms in total. The maximum absolute atomic E-state index is 13.9. The number of hydrogen-bond donors (Lipinski definition) is 1. The van der Waals surface area contributed by atoms with Crippen LogP contribution >= 0.6 is 15.9 Å². The summed E-state index contributed by atoms with van der Waals surface area (Å²) in [5, 5.41) is 9.69. The zero-order valence-electron chi connectivity index (χ0n) is 11.7. The van der Waals surface area contributed by atoms with Gasteiger partial charge in [-0.3, -0.25) is 4.79 Å². The quantitative estimate of drug-likeness (QED) is 0.852. The van der Waals surface area contributed by atoms with Crippen LogP contribution in [0, 0.1) is 17.2 Å². The van der Waals surface area contributed by atoms with Crippen LogP contribution in [0.5, 0.6) is 0 Å². The van der Waals surface area contributed by atoms with Gasteiger partial charge in [0.15, 0.2) is 0 Å². The van der Waals surface area contributed by atoms with Crippen molar-refractivity contribution in [3.05, 3.63) is 34.1 Å². The van der Waals surface area contributed by atoms with Gasteiger partial charge in [0.1, 0.15) is 5.82 Å². The van der Waals surface area contributed by atoms with Crippen molar-refractivity contribution in [2.45, 2.75) is 45.4 Å². The molecule has 0 spiro atoms. The molecule has 1 fully saturated rings. The minimum Gasteiger partial charge on any atom is -0.481 e. The van der Waals surface area contributed by atoms with Gasteiger partial charge in [-0.2, -0.15) is 0 Å². The molecule has 0 saturated heterocycles. The van der Waals surface area contributed by atoms with E-state index < -0.39 is 11.4 Å². The van der Waals surface area contributed by atoms with Gasteiger partial charge in [0.2, 0.25) is 0 Å². The number of hydrogen-bond acceptors (Lipinski definition) is 1. The van der Waals surface area contributed by atoms with Crippen molar-refractivity contribution < 1.29 is 14.3 Å². The molecule has 0 aromatic heterocycles. The molecule has 4 heteroatoms. The van der Waals surface area contributed by atoms with Gasteiger partial charge < -0.3 is 5.11 Å². The predicted molar refractivity (Wildman–Crippen MR) is 80.1 cm³/mol. The van der Waals surface area contributed by atoms with Crippen LogP contribution in [0.15, 0.2) is 22.7 Å². The summed E-state index contributed by atoms with van der Waals surface area (Å²) in [6, 6.07) is 4.74. The Morgan fingerprint density at radius 1 is 1.55 bits per heavy atom. The van der Waals surface area contributed by atoms with Crippen LogP contribution in [-0.4, -0.2) is 11.1 Å². The van der Waals surface area contributed by atoms with E-state index in [0.29, 0.717) is 24.3 Å². The Morgan fingerprint density at radius 2 is 2.30 bits per heavy atom. The first-order chi connectivity index (χ1) is 9.47. The van der Waals surface area contributed by atoms with Gasteiger partial charge in [-0.25, -0.2) is 4.39 Å². The fourth-order valence-electron chi connectivity index (χ4n) is 3.31. The summed E-state index contributed by atoms with van der Waals surface area (Å²) >= 11 is 3.33. The van der Waals surface area contributed by atoms with Gasteiger partial charge in [0.25, 0.3) is 0 Å². The lowest BCUT2D eigenvalue weighted by molar-refractivity contribution is -0.152. The fraction of sp³-hybridized carbons (Fsp3) is 0.562. The molecule has 2 unspecified atom stereocenters. The number of aliphatic carboxylic acids is 1. The highest BCUT2D eigenvalue weighted by molar-refractivity contribution is 9.10. The zero-order chi connectivity index (χ0) is 14.8. The third-order valence-electron chi connectivity index (χ3n) is 4.51. The van der Waals surface area contributed by atoms with Crippen molar-refractivity contribution >= 4 is 21.9 Å². The van der Waals surface area contributed by atoms with Gasteiger partial charge >= 0.3 is 5.97 Å². The summed E-state index contributed by atoms with van der Waals surface area (Å²) in [5.41, 5.74) is -0.306. The molecule has 1 aliphatic carbocycles. The Kier molecular flexibility index (Phi) is 4.84. The highest BCUT2D eigenvalue weighted by atomic mass is 79.9. The molecular weight excluding hydrogens is 323 g/mol. The van der Waals surface area contributed by atoms with Crippen molar-refractivity contribution in [2.24, 2.45) is 11.3 Å². The van der Waals surface area contributed by atoms with Crippen LogP contribution in [-0.2, 0) is 11.2 Å². The van der Waals surface area contributed by atoms with E-state index in [-0.39, 0.29) is 12.2 Å². The summed E-state index contributed by atoms with van der Waals surface area (Å²) in [6.07, 6.45) is 4.59. The molecule has 1 saturated carbocycles. The van der Waals surface area contributed by atoms with Gasteiger partial charge in [-0.1, -0.05) is 42.1 Å². The topological polar surface area (TPSA) is 37.3 Å². The smallest absolute Gasteiger partial charge is 0.309 e. The lowest BCUT2D eigenvalue weighted by Crippen LogP contribution is -2.38. The van der Waals surface area contributed by atoms with E-state index in [1.807, 2.05) is 0 Å². The minimum absolute atomic E-state index is 0.282. The van der Waals surface area contributed by atoms with E-state index in [2.05, 4.69) is 22.9 Å². The summed E-state index contributed by atoms with van der Waals surface area (Å²) in [5.74, 6) is -0.655. The summed E-state index contributed by atoms with van der Waals surface area (Å²) in [6.45, 7) is 2.10. The second-order valence-electron chi connectivity index (χ2n) is 5.87. The van der Waals surface area contributed by atoms with Crippen molar-refractivity contribution in [2.75, 3.05) is 0 Å². The molecule has 0 heterocycles. The van der Waals surface area contributed by atoms with E-state index in [4.69, 9.17) is 0 Å². The first-order valence-corrected chi connectivity index (χ1v) is 7.93. The largest absolute Gasteiger partial charge is 0.481 e. The van der Waals surface area contributed by atoms with E-state index in [1.165, 1.54) is 6.07 Å². The fourth-order valence-corrected chi connectivity index (χ4v) is 3.72. The molecule has 2 atom stereocenters. The lowest BCUT2D eigenvalue weighted by Gasteiger charge is -2.37. The third kappa shape index (κ3) is 3.22. The number of carboxylic acid groups (broad SMARTS) is 1. The normalized spacial score (nSPS) is 26.4. The first kappa shape index (κ1) is 15.5. The monoisotopic (exact) mass is 342 g/mol. The van der Waals surface area contributed by atoms with Crippen LogP contribution in [0.3, 0.4) is 0 Å². The van der Waals surface area contributed by atoms with Crippen molar-refractivity contribution in [1.82, 2.24) is 0 Å².